The lowest BCUT2D eigenvalue weighted by atomic mass is 9.63. The fraction of sp³-hybridized carbons (Fsp3) is 0.346. The summed E-state index contributed by atoms with van der Waals surface area (Å²) in [4.78, 5) is 26.1. The van der Waals surface area contributed by atoms with Crippen molar-refractivity contribution in [1.29, 1.82) is 0 Å². The van der Waals surface area contributed by atoms with Gasteiger partial charge in [0.25, 0.3) is 11.8 Å². The lowest BCUT2D eigenvalue weighted by Gasteiger charge is -2.37. The molecule has 2 saturated carbocycles. The largest absolute Gasteiger partial charge is 0.493 e. The number of amides is 2. The Bertz CT molecular complexity index is 1110. The van der Waals surface area contributed by atoms with Crippen LogP contribution >= 0.6 is 0 Å². The highest BCUT2D eigenvalue weighted by Gasteiger charge is 2.67. The number of hydrazone groups is 1. The molecule has 1 aliphatic heterocycles. The lowest BCUT2D eigenvalue weighted by molar-refractivity contribution is -0.140. The van der Waals surface area contributed by atoms with Gasteiger partial charge in [0.1, 0.15) is 6.61 Å². The van der Waals surface area contributed by atoms with Crippen molar-refractivity contribution in [3.05, 3.63) is 71.8 Å². The maximum atomic E-state index is 13.0. The molecule has 6 nitrogen and oxygen atoms in total. The van der Waals surface area contributed by atoms with Crippen molar-refractivity contribution in [3.8, 4) is 11.5 Å². The fourth-order valence-corrected chi connectivity index (χ4v) is 5.80. The molecule has 0 aromatic heterocycles. The maximum Gasteiger partial charge on any atom is 0.254 e. The Morgan fingerprint density at radius 3 is 2.31 bits per heavy atom. The van der Waals surface area contributed by atoms with E-state index >= 15 is 0 Å². The Morgan fingerprint density at radius 2 is 1.66 bits per heavy atom. The number of carbonyl (C=O) groups excluding carboxylic acids is 2. The monoisotopic (exact) mass is 428 g/mol. The average molecular weight is 428 g/mol. The molecule has 0 unspecified atom stereocenters. The molecule has 1 saturated heterocycles. The van der Waals surface area contributed by atoms with Gasteiger partial charge in [-0.3, -0.25) is 9.59 Å². The second-order valence-corrected chi connectivity index (χ2v) is 9.07. The molecule has 0 spiro atoms. The van der Waals surface area contributed by atoms with Crippen molar-refractivity contribution < 1.29 is 19.1 Å². The SMILES string of the molecule is COc1cc(/C=N\N2C(=O)[C@@H]3[C@H]4C=C[C@@H]([C@@H]5C[C@H]45)[C@@H]3C2=O)ccc1OCc1ccccc1. The zero-order valence-corrected chi connectivity index (χ0v) is 17.8. The van der Waals surface area contributed by atoms with Crippen molar-refractivity contribution in [1.82, 2.24) is 5.01 Å². The summed E-state index contributed by atoms with van der Waals surface area (Å²) in [5, 5.41) is 5.40. The number of allylic oxidation sites excluding steroid dienone is 2. The Morgan fingerprint density at radius 1 is 0.969 bits per heavy atom. The third-order valence-electron chi connectivity index (χ3n) is 7.39. The van der Waals surface area contributed by atoms with E-state index < -0.39 is 0 Å². The molecule has 7 rings (SSSR count). The number of imide groups is 1. The minimum atomic E-state index is -0.235. The van der Waals surface area contributed by atoms with Gasteiger partial charge >= 0.3 is 0 Å². The van der Waals surface area contributed by atoms with Crippen molar-refractivity contribution in [2.75, 3.05) is 7.11 Å². The van der Waals surface area contributed by atoms with E-state index in [9.17, 15) is 9.59 Å². The van der Waals surface area contributed by atoms with Crippen LogP contribution in [0.4, 0.5) is 0 Å². The molecular weight excluding hydrogens is 404 g/mol. The standard InChI is InChI=1S/C26H24N2O4/c1-31-22-11-16(7-10-21(22)32-14-15-5-3-2-4-6-15)13-27-28-25(29)23-17-8-9-18(20-12-19(17)20)24(23)26(28)30/h2-11,13,17-20,23-24H,12,14H2,1H3/b27-13-/t17-,18-,19-,20+,23-,24+/m0/s1. The van der Waals surface area contributed by atoms with Crippen molar-refractivity contribution >= 4 is 18.0 Å². The van der Waals surface area contributed by atoms with Crippen LogP contribution in [0.25, 0.3) is 0 Å². The third-order valence-corrected chi connectivity index (χ3v) is 7.39. The number of nitrogens with zero attached hydrogens (tertiary/aromatic N) is 2. The van der Waals surface area contributed by atoms with Gasteiger partial charge in [0.05, 0.1) is 25.2 Å². The van der Waals surface area contributed by atoms with E-state index in [1.807, 2.05) is 42.5 Å². The second-order valence-electron chi connectivity index (χ2n) is 9.07. The number of hydrogen-bond acceptors (Lipinski definition) is 5. The number of carbonyl (C=O) groups is 2. The summed E-state index contributed by atoms with van der Waals surface area (Å²) in [6.45, 7) is 0.433. The summed E-state index contributed by atoms with van der Waals surface area (Å²) in [7, 11) is 1.58. The molecule has 3 fully saturated rings. The third kappa shape index (κ3) is 2.97. The first-order valence-electron chi connectivity index (χ1n) is 11.1. The van der Waals surface area contributed by atoms with E-state index in [-0.39, 0.29) is 35.5 Å². The van der Waals surface area contributed by atoms with Crippen LogP contribution in [0.2, 0.25) is 0 Å². The van der Waals surface area contributed by atoms with Gasteiger partial charge in [0.15, 0.2) is 11.5 Å². The summed E-state index contributed by atoms with van der Waals surface area (Å²) in [5.74, 6) is 1.98. The quantitative estimate of drug-likeness (QED) is 0.400. The number of rotatable bonds is 6. The average Bonchev–Trinajstić information content (AvgIpc) is 3.61. The van der Waals surface area contributed by atoms with Crippen LogP contribution in [0.5, 0.6) is 11.5 Å². The molecular formula is C26H24N2O4. The summed E-state index contributed by atoms with van der Waals surface area (Å²) >= 11 is 0. The molecule has 162 valence electrons. The van der Waals surface area contributed by atoms with Gasteiger partial charge in [-0.2, -0.15) is 10.1 Å². The van der Waals surface area contributed by atoms with Crippen molar-refractivity contribution in [3.63, 3.8) is 0 Å². The zero-order valence-electron chi connectivity index (χ0n) is 17.8. The van der Waals surface area contributed by atoms with E-state index in [1.54, 1.807) is 19.4 Å². The fourth-order valence-electron chi connectivity index (χ4n) is 5.80. The minimum absolute atomic E-state index is 0.157. The summed E-state index contributed by atoms with van der Waals surface area (Å²) < 4.78 is 11.4. The highest BCUT2D eigenvalue weighted by Crippen LogP contribution is 2.65. The molecule has 2 amide bonds. The minimum Gasteiger partial charge on any atom is -0.493 e. The number of methoxy groups -OCH3 is 1. The van der Waals surface area contributed by atoms with Gasteiger partial charge in [-0.25, -0.2) is 0 Å². The van der Waals surface area contributed by atoms with Gasteiger partial charge in [-0.1, -0.05) is 42.5 Å². The van der Waals surface area contributed by atoms with Crippen LogP contribution in [0.3, 0.4) is 0 Å². The summed E-state index contributed by atoms with van der Waals surface area (Å²) in [5.41, 5.74) is 1.79. The lowest BCUT2D eigenvalue weighted by Crippen LogP contribution is -2.40. The van der Waals surface area contributed by atoms with Crippen LogP contribution in [-0.4, -0.2) is 30.1 Å². The van der Waals surface area contributed by atoms with Crippen molar-refractivity contribution in [2.24, 2.45) is 40.6 Å². The van der Waals surface area contributed by atoms with E-state index in [2.05, 4.69) is 17.3 Å². The number of ether oxygens (including phenoxy) is 2. The van der Waals surface area contributed by atoms with E-state index in [0.717, 1.165) is 22.6 Å². The van der Waals surface area contributed by atoms with E-state index in [1.165, 1.54) is 0 Å². The van der Waals surface area contributed by atoms with Gasteiger partial charge in [0, 0.05) is 0 Å². The van der Waals surface area contributed by atoms with Crippen molar-refractivity contribution in [2.45, 2.75) is 13.0 Å². The van der Waals surface area contributed by atoms with Gasteiger partial charge in [0.2, 0.25) is 0 Å². The molecule has 2 aromatic rings. The Labute approximate surface area is 186 Å². The first kappa shape index (κ1) is 19.3. The molecule has 5 aliphatic rings. The van der Waals surface area contributed by atoms with Crippen LogP contribution < -0.4 is 9.47 Å². The Hall–Kier alpha value is -3.41. The smallest absolute Gasteiger partial charge is 0.254 e. The normalized spacial score (nSPS) is 31.7. The molecule has 4 aliphatic carbocycles. The first-order valence-corrected chi connectivity index (χ1v) is 11.1. The van der Waals surface area contributed by atoms with E-state index in [4.69, 9.17) is 9.47 Å². The van der Waals surface area contributed by atoms with E-state index in [0.29, 0.717) is 29.9 Å². The van der Waals surface area contributed by atoms with Crippen LogP contribution in [-0.2, 0) is 16.2 Å². The predicted octanol–water partition coefficient (Wildman–Crippen LogP) is 3.66. The van der Waals surface area contributed by atoms with Crippen LogP contribution in [0.15, 0.2) is 65.8 Å². The van der Waals surface area contributed by atoms with Crippen LogP contribution in [0.1, 0.15) is 17.5 Å². The molecule has 0 radical (unpaired) electrons. The zero-order chi connectivity index (χ0) is 21.8. The maximum absolute atomic E-state index is 13.0. The molecule has 2 bridgehead atoms. The van der Waals surface area contributed by atoms with Crippen LogP contribution in [0, 0.1) is 35.5 Å². The van der Waals surface area contributed by atoms with Gasteiger partial charge in [-0.05, 0) is 59.4 Å². The second kappa shape index (κ2) is 7.33. The predicted molar refractivity (Wildman–Crippen MR) is 118 cm³/mol. The van der Waals surface area contributed by atoms with Gasteiger partial charge in [-0.15, -0.1) is 0 Å². The number of benzene rings is 2. The first-order chi connectivity index (χ1) is 15.7. The molecule has 1 heterocycles. The molecule has 2 aromatic carbocycles. The highest BCUT2D eigenvalue weighted by atomic mass is 16.5. The molecule has 6 heteroatoms. The molecule has 32 heavy (non-hydrogen) atoms. The number of hydrogen-bond donors (Lipinski definition) is 0. The topological polar surface area (TPSA) is 68.2 Å². The highest BCUT2D eigenvalue weighted by molar-refractivity contribution is 6.06. The summed E-state index contributed by atoms with van der Waals surface area (Å²) in [6.07, 6.45) is 7.03. The molecule has 6 atom stereocenters. The van der Waals surface area contributed by atoms with Gasteiger partial charge < -0.3 is 9.47 Å². The summed E-state index contributed by atoms with van der Waals surface area (Å²) in [6, 6.07) is 15.4. The Kier molecular flexibility index (Phi) is 4.42. The molecule has 0 N–H and O–H groups in total. The Balaban J connectivity index is 1.18.